The third-order valence-electron chi connectivity index (χ3n) is 5.68. The molecule has 1 aromatic carbocycles. The van der Waals surface area contributed by atoms with Gasteiger partial charge in [0.25, 0.3) is 0 Å². The van der Waals surface area contributed by atoms with Gasteiger partial charge >= 0.3 is 0 Å². The molecule has 1 aromatic heterocycles. The van der Waals surface area contributed by atoms with E-state index in [9.17, 15) is 17.6 Å². The van der Waals surface area contributed by atoms with Gasteiger partial charge in [-0.05, 0) is 49.8 Å². The standard InChI is InChI=1S/C22H30FN3O4S/c1-14-19(15(2)30-25-14)31(28,29)26-12-6-7-17(13-26)21(27)24-20(22(3,4)5)16-8-10-18(23)11-9-16/h8-11,17,20H,6-7,12-13H2,1-5H3,(H,24,27)/t17-,20-/m0/s1. The molecule has 2 heterocycles. The molecule has 170 valence electrons. The van der Waals surface area contributed by atoms with Gasteiger partial charge in [-0.15, -0.1) is 0 Å². The molecule has 1 aliphatic rings. The third-order valence-corrected chi connectivity index (χ3v) is 7.79. The summed E-state index contributed by atoms with van der Waals surface area (Å²) in [5.74, 6) is -0.777. The van der Waals surface area contributed by atoms with E-state index in [0.717, 1.165) is 5.56 Å². The Morgan fingerprint density at radius 3 is 2.45 bits per heavy atom. The lowest BCUT2D eigenvalue weighted by Gasteiger charge is -2.35. The van der Waals surface area contributed by atoms with Gasteiger partial charge in [-0.25, -0.2) is 12.8 Å². The predicted molar refractivity (Wildman–Crippen MR) is 114 cm³/mol. The summed E-state index contributed by atoms with van der Waals surface area (Å²) in [7, 11) is -3.80. The zero-order chi connectivity index (χ0) is 23.0. The summed E-state index contributed by atoms with van der Waals surface area (Å²) in [4.78, 5) is 13.2. The quantitative estimate of drug-likeness (QED) is 0.748. The van der Waals surface area contributed by atoms with Crippen LogP contribution in [0.1, 0.15) is 56.7 Å². The number of hydrogen-bond acceptors (Lipinski definition) is 5. The number of piperidine rings is 1. The molecule has 0 aliphatic carbocycles. The number of nitrogens with one attached hydrogen (secondary N) is 1. The Bertz CT molecular complexity index is 1020. The summed E-state index contributed by atoms with van der Waals surface area (Å²) < 4.78 is 46.0. The molecule has 1 N–H and O–H groups in total. The molecule has 9 heteroatoms. The highest BCUT2D eigenvalue weighted by molar-refractivity contribution is 7.89. The van der Waals surface area contributed by atoms with Gasteiger partial charge in [-0.1, -0.05) is 38.1 Å². The van der Waals surface area contributed by atoms with Crippen molar-refractivity contribution < 1.29 is 22.1 Å². The topological polar surface area (TPSA) is 92.5 Å². The first kappa shape index (κ1) is 23.4. The van der Waals surface area contributed by atoms with E-state index >= 15 is 0 Å². The van der Waals surface area contributed by atoms with Gasteiger partial charge in [0.05, 0.1) is 12.0 Å². The second-order valence-electron chi connectivity index (χ2n) is 9.21. The lowest BCUT2D eigenvalue weighted by molar-refractivity contribution is -0.127. The van der Waals surface area contributed by atoms with Gasteiger partial charge in [0.1, 0.15) is 16.4 Å². The van der Waals surface area contributed by atoms with Crippen LogP contribution >= 0.6 is 0 Å². The van der Waals surface area contributed by atoms with Gasteiger partial charge in [0.2, 0.25) is 15.9 Å². The highest BCUT2D eigenvalue weighted by atomic mass is 32.2. The number of carbonyl (C=O) groups is 1. The van der Waals surface area contributed by atoms with Gasteiger partial charge in [0, 0.05) is 13.1 Å². The van der Waals surface area contributed by atoms with E-state index in [1.165, 1.54) is 16.4 Å². The number of amides is 1. The summed E-state index contributed by atoms with van der Waals surface area (Å²) in [5.41, 5.74) is 0.802. The van der Waals surface area contributed by atoms with Crippen LogP contribution in [0.5, 0.6) is 0 Å². The second kappa shape index (κ2) is 8.70. The average molecular weight is 452 g/mol. The first-order valence-electron chi connectivity index (χ1n) is 10.4. The fourth-order valence-electron chi connectivity index (χ4n) is 4.06. The van der Waals surface area contributed by atoms with Gasteiger partial charge in [-0.3, -0.25) is 4.79 Å². The summed E-state index contributed by atoms with van der Waals surface area (Å²) in [6.45, 7) is 9.59. The molecule has 0 radical (unpaired) electrons. The zero-order valence-corrected chi connectivity index (χ0v) is 19.4. The van der Waals surface area contributed by atoms with Crippen molar-refractivity contribution in [1.29, 1.82) is 0 Å². The van der Waals surface area contributed by atoms with Crippen LogP contribution in [0.3, 0.4) is 0 Å². The molecule has 1 amide bonds. The van der Waals surface area contributed by atoms with Crippen LogP contribution in [0.4, 0.5) is 4.39 Å². The van der Waals surface area contributed by atoms with Gasteiger partial charge in [0.15, 0.2) is 5.76 Å². The number of sulfonamides is 1. The molecule has 7 nitrogen and oxygen atoms in total. The molecular weight excluding hydrogens is 421 g/mol. The molecule has 0 unspecified atom stereocenters. The Hall–Kier alpha value is -2.26. The van der Waals surface area contributed by atoms with Crippen molar-refractivity contribution in [3.05, 3.63) is 47.1 Å². The van der Waals surface area contributed by atoms with E-state index in [-0.39, 0.29) is 40.4 Å². The molecular formula is C22H30FN3O4S. The third kappa shape index (κ3) is 4.98. The zero-order valence-electron chi connectivity index (χ0n) is 18.6. The highest BCUT2D eigenvalue weighted by Gasteiger charge is 2.38. The number of rotatable bonds is 5. The molecule has 0 saturated carbocycles. The first-order chi connectivity index (χ1) is 14.4. The van der Waals surface area contributed by atoms with Gasteiger partial charge in [-0.2, -0.15) is 4.31 Å². The summed E-state index contributed by atoms with van der Waals surface area (Å²) in [6.07, 6.45) is 1.18. The number of benzene rings is 1. The van der Waals surface area contributed by atoms with Crippen molar-refractivity contribution >= 4 is 15.9 Å². The molecule has 2 atom stereocenters. The minimum atomic E-state index is -3.80. The molecule has 31 heavy (non-hydrogen) atoms. The Morgan fingerprint density at radius 1 is 1.26 bits per heavy atom. The minimum Gasteiger partial charge on any atom is -0.360 e. The van der Waals surface area contributed by atoms with Gasteiger partial charge < -0.3 is 9.84 Å². The van der Waals surface area contributed by atoms with Crippen LogP contribution in [0, 0.1) is 31.0 Å². The fourth-order valence-corrected chi connectivity index (χ4v) is 5.88. The monoisotopic (exact) mass is 451 g/mol. The number of halogens is 1. The molecule has 2 aromatic rings. The van der Waals surface area contributed by atoms with Crippen LogP contribution in [-0.2, 0) is 14.8 Å². The largest absolute Gasteiger partial charge is 0.360 e. The smallest absolute Gasteiger partial charge is 0.248 e. The van der Waals surface area contributed by atoms with Crippen molar-refractivity contribution in [1.82, 2.24) is 14.8 Å². The van der Waals surface area contributed by atoms with E-state index in [1.54, 1.807) is 26.0 Å². The van der Waals surface area contributed by atoms with Crippen LogP contribution in [0.2, 0.25) is 0 Å². The predicted octanol–water partition coefficient (Wildman–Crippen LogP) is 3.73. The first-order valence-corrected chi connectivity index (χ1v) is 11.8. The maximum Gasteiger partial charge on any atom is 0.248 e. The maximum atomic E-state index is 13.4. The maximum absolute atomic E-state index is 13.4. The minimum absolute atomic E-state index is 0.0763. The number of aryl methyl sites for hydroxylation is 2. The number of hydrogen-bond donors (Lipinski definition) is 1. The molecule has 1 aliphatic heterocycles. The van der Waals surface area contributed by atoms with E-state index in [4.69, 9.17) is 4.52 Å². The van der Waals surface area contributed by atoms with E-state index < -0.39 is 15.9 Å². The number of aromatic nitrogens is 1. The summed E-state index contributed by atoms with van der Waals surface area (Å²) >= 11 is 0. The SMILES string of the molecule is Cc1noc(C)c1S(=O)(=O)N1CCC[C@H](C(=O)N[C@@H](c2ccc(F)cc2)C(C)(C)C)C1. The fraction of sp³-hybridized carbons (Fsp3) is 0.545. The van der Waals surface area contributed by atoms with Crippen molar-refractivity contribution in [2.75, 3.05) is 13.1 Å². The van der Waals surface area contributed by atoms with Crippen LogP contribution < -0.4 is 5.32 Å². The van der Waals surface area contributed by atoms with E-state index in [1.807, 2.05) is 20.8 Å². The van der Waals surface area contributed by atoms with Crippen molar-refractivity contribution in [3.8, 4) is 0 Å². The van der Waals surface area contributed by atoms with Crippen LogP contribution in [0.25, 0.3) is 0 Å². The van der Waals surface area contributed by atoms with Crippen LogP contribution in [-0.4, -0.2) is 36.9 Å². The lowest BCUT2D eigenvalue weighted by atomic mass is 9.82. The van der Waals surface area contributed by atoms with Crippen molar-refractivity contribution in [2.45, 2.75) is 58.4 Å². The Morgan fingerprint density at radius 2 is 1.90 bits per heavy atom. The van der Waals surface area contributed by atoms with Crippen LogP contribution in [0.15, 0.2) is 33.7 Å². The number of nitrogens with zero attached hydrogens (tertiary/aromatic N) is 2. The lowest BCUT2D eigenvalue weighted by Crippen LogP contribution is -2.47. The molecule has 1 fully saturated rings. The Balaban J connectivity index is 1.79. The second-order valence-corrected chi connectivity index (χ2v) is 11.1. The Labute approximate surface area is 183 Å². The highest BCUT2D eigenvalue weighted by Crippen LogP contribution is 2.34. The molecule has 0 bridgehead atoms. The summed E-state index contributed by atoms with van der Waals surface area (Å²) in [5, 5.41) is 6.83. The average Bonchev–Trinajstić information content (AvgIpc) is 3.05. The Kier molecular flexibility index (Phi) is 6.57. The van der Waals surface area contributed by atoms with E-state index in [0.29, 0.717) is 25.1 Å². The van der Waals surface area contributed by atoms with E-state index in [2.05, 4.69) is 10.5 Å². The van der Waals surface area contributed by atoms with Crippen molar-refractivity contribution in [3.63, 3.8) is 0 Å². The summed E-state index contributed by atoms with van der Waals surface area (Å²) in [6, 6.07) is 5.74. The molecule has 0 spiro atoms. The normalized spacial score (nSPS) is 19.2. The number of carbonyl (C=O) groups excluding carboxylic acids is 1. The molecule has 1 saturated heterocycles. The molecule has 3 rings (SSSR count). The van der Waals surface area contributed by atoms with Crippen molar-refractivity contribution in [2.24, 2.45) is 11.3 Å².